The number of nitrogens with zero attached hydrogens (tertiary/aromatic N) is 1. The molecule has 0 atom stereocenters. The summed E-state index contributed by atoms with van der Waals surface area (Å²) in [5, 5.41) is 0. The first-order valence-electron chi connectivity index (χ1n) is 5.98. The summed E-state index contributed by atoms with van der Waals surface area (Å²) >= 11 is 0. The van der Waals surface area contributed by atoms with E-state index < -0.39 is 0 Å². The molecule has 0 saturated carbocycles. The van der Waals surface area contributed by atoms with Crippen LogP contribution in [0.1, 0.15) is 5.56 Å². The van der Waals surface area contributed by atoms with E-state index in [2.05, 4.69) is 0 Å². The van der Waals surface area contributed by atoms with Crippen molar-refractivity contribution in [1.82, 2.24) is 4.90 Å². The summed E-state index contributed by atoms with van der Waals surface area (Å²) in [5.74, 6) is 0.848. The number of hydrogen-bond acceptors (Lipinski definition) is 3. The van der Waals surface area contributed by atoms with Crippen molar-refractivity contribution in [3.05, 3.63) is 35.9 Å². The number of carbonyl (C=O) groups is 1. The molecule has 18 heavy (non-hydrogen) atoms. The second-order valence-electron chi connectivity index (χ2n) is 4.04. The van der Waals surface area contributed by atoms with E-state index in [0.717, 1.165) is 11.3 Å². The number of benzene rings is 1. The highest BCUT2D eigenvalue weighted by molar-refractivity contribution is 5.91. The van der Waals surface area contributed by atoms with Gasteiger partial charge < -0.3 is 14.4 Å². The number of hydrogen-bond donors (Lipinski definition) is 0. The van der Waals surface area contributed by atoms with E-state index in [0.29, 0.717) is 26.3 Å². The summed E-state index contributed by atoms with van der Waals surface area (Å²) in [5.41, 5.74) is 0.984. The van der Waals surface area contributed by atoms with Crippen LogP contribution >= 0.6 is 0 Å². The van der Waals surface area contributed by atoms with Crippen LogP contribution in [0.4, 0.5) is 0 Å². The lowest BCUT2D eigenvalue weighted by Gasteiger charge is -2.25. The second-order valence-corrected chi connectivity index (χ2v) is 4.04. The molecule has 1 amide bonds. The molecule has 0 aliphatic carbocycles. The van der Waals surface area contributed by atoms with Gasteiger partial charge in [0.15, 0.2) is 0 Å². The lowest BCUT2D eigenvalue weighted by Crippen LogP contribution is -2.39. The summed E-state index contributed by atoms with van der Waals surface area (Å²) in [4.78, 5) is 13.6. The molecule has 96 valence electrons. The maximum atomic E-state index is 11.9. The zero-order valence-electron chi connectivity index (χ0n) is 10.5. The summed E-state index contributed by atoms with van der Waals surface area (Å²) in [6.07, 6.45) is 3.42. The van der Waals surface area contributed by atoms with Gasteiger partial charge in [-0.25, -0.2) is 0 Å². The first kappa shape index (κ1) is 12.6. The Morgan fingerprint density at radius 3 is 2.56 bits per heavy atom. The Hall–Kier alpha value is -1.81. The van der Waals surface area contributed by atoms with Gasteiger partial charge in [-0.15, -0.1) is 0 Å². The predicted molar refractivity (Wildman–Crippen MR) is 69.4 cm³/mol. The minimum Gasteiger partial charge on any atom is -0.497 e. The highest BCUT2D eigenvalue weighted by atomic mass is 16.5. The fraction of sp³-hybridized carbons (Fsp3) is 0.357. The quantitative estimate of drug-likeness (QED) is 0.761. The Bertz CT molecular complexity index is 419. The molecule has 0 radical (unpaired) electrons. The van der Waals surface area contributed by atoms with E-state index in [9.17, 15) is 4.79 Å². The van der Waals surface area contributed by atoms with E-state index in [1.807, 2.05) is 30.3 Å². The molecule has 1 fully saturated rings. The minimum atomic E-state index is 0.0362. The summed E-state index contributed by atoms with van der Waals surface area (Å²) in [6, 6.07) is 7.58. The topological polar surface area (TPSA) is 38.8 Å². The van der Waals surface area contributed by atoms with Gasteiger partial charge in [-0.3, -0.25) is 4.79 Å². The SMILES string of the molecule is COc1ccc(C=CC(=O)N2CCOCC2)cc1. The third kappa shape index (κ3) is 3.34. The molecule has 0 N–H and O–H groups in total. The molecule has 0 bridgehead atoms. The third-order valence-corrected chi connectivity index (χ3v) is 2.86. The van der Waals surface area contributed by atoms with E-state index in [4.69, 9.17) is 9.47 Å². The van der Waals surface area contributed by atoms with E-state index in [-0.39, 0.29) is 5.91 Å². The fourth-order valence-electron chi connectivity index (χ4n) is 1.77. The summed E-state index contributed by atoms with van der Waals surface area (Å²) < 4.78 is 10.3. The van der Waals surface area contributed by atoms with Gasteiger partial charge in [0.2, 0.25) is 5.91 Å². The van der Waals surface area contributed by atoms with Crippen molar-refractivity contribution in [1.29, 1.82) is 0 Å². The molecule has 0 aromatic heterocycles. The van der Waals surface area contributed by atoms with E-state index in [1.54, 1.807) is 18.1 Å². The van der Waals surface area contributed by atoms with Crippen LogP contribution in [0.5, 0.6) is 5.75 Å². The van der Waals surface area contributed by atoms with E-state index >= 15 is 0 Å². The van der Waals surface area contributed by atoms with Gasteiger partial charge in [0.25, 0.3) is 0 Å². The lowest BCUT2D eigenvalue weighted by molar-refractivity contribution is -0.129. The Labute approximate surface area is 107 Å². The van der Waals surface area contributed by atoms with Crippen LogP contribution < -0.4 is 4.74 Å². The Morgan fingerprint density at radius 1 is 1.28 bits per heavy atom. The van der Waals surface area contributed by atoms with Crippen molar-refractivity contribution in [3.63, 3.8) is 0 Å². The standard InChI is InChI=1S/C14H17NO3/c1-17-13-5-2-12(3-6-13)4-7-14(16)15-8-10-18-11-9-15/h2-7H,8-11H2,1H3. The molecular weight excluding hydrogens is 230 g/mol. The van der Waals surface area contributed by atoms with Gasteiger partial charge in [-0.05, 0) is 23.8 Å². The Morgan fingerprint density at radius 2 is 1.94 bits per heavy atom. The van der Waals surface area contributed by atoms with Crippen LogP contribution in [0.15, 0.2) is 30.3 Å². The lowest BCUT2D eigenvalue weighted by atomic mass is 10.2. The fourth-order valence-corrected chi connectivity index (χ4v) is 1.77. The highest BCUT2D eigenvalue weighted by Gasteiger charge is 2.13. The van der Waals surface area contributed by atoms with Crippen molar-refractivity contribution in [2.24, 2.45) is 0 Å². The third-order valence-electron chi connectivity index (χ3n) is 2.86. The van der Waals surface area contributed by atoms with Crippen molar-refractivity contribution in [3.8, 4) is 5.75 Å². The molecule has 1 aliphatic rings. The first-order valence-corrected chi connectivity index (χ1v) is 5.98. The summed E-state index contributed by atoms with van der Waals surface area (Å²) in [6.45, 7) is 2.60. The largest absolute Gasteiger partial charge is 0.497 e. The van der Waals surface area contributed by atoms with Crippen LogP contribution in [-0.4, -0.2) is 44.2 Å². The van der Waals surface area contributed by atoms with Crippen LogP contribution in [0.25, 0.3) is 6.08 Å². The maximum Gasteiger partial charge on any atom is 0.246 e. The van der Waals surface area contributed by atoms with Crippen molar-refractivity contribution < 1.29 is 14.3 Å². The molecule has 4 heteroatoms. The maximum absolute atomic E-state index is 11.9. The van der Waals surface area contributed by atoms with Crippen molar-refractivity contribution in [2.75, 3.05) is 33.4 Å². The molecule has 1 aliphatic heterocycles. The van der Waals surface area contributed by atoms with Gasteiger partial charge in [-0.2, -0.15) is 0 Å². The molecule has 1 aromatic rings. The van der Waals surface area contributed by atoms with Crippen LogP contribution in [0.2, 0.25) is 0 Å². The van der Waals surface area contributed by atoms with E-state index in [1.165, 1.54) is 0 Å². The van der Waals surface area contributed by atoms with Gasteiger partial charge in [0, 0.05) is 19.2 Å². The van der Waals surface area contributed by atoms with Crippen LogP contribution in [-0.2, 0) is 9.53 Å². The number of ether oxygens (including phenoxy) is 2. The highest BCUT2D eigenvalue weighted by Crippen LogP contribution is 2.12. The van der Waals surface area contributed by atoms with Gasteiger partial charge in [-0.1, -0.05) is 12.1 Å². The smallest absolute Gasteiger partial charge is 0.246 e. The molecule has 1 aromatic carbocycles. The van der Waals surface area contributed by atoms with Crippen LogP contribution in [0.3, 0.4) is 0 Å². The number of amides is 1. The Balaban J connectivity index is 1.94. The molecular formula is C14H17NO3. The molecule has 0 spiro atoms. The first-order chi connectivity index (χ1) is 8.79. The summed E-state index contributed by atoms with van der Waals surface area (Å²) in [7, 11) is 1.63. The zero-order valence-corrected chi connectivity index (χ0v) is 10.5. The molecule has 1 saturated heterocycles. The molecule has 0 unspecified atom stereocenters. The predicted octanol–water partition coefficient (Wildman–Crippen LogP) is 1.57. The van der Waals surface area contributed by atoms with Gasteiger partial charge >= 0.3 is 0 Å². The average Bonchev–Trinajstić information content (AvgIpc) is 2.46. The van der Waals surface area contributed by atoms with Crippen molar-refractivity contribution >= 4 is 12.0 Å². The Kier molecular flexibility index (Phi) is 4.36. The molecule has 2 rings (SSSR count). The number of carbonyl (C=O) groups excluding carboxylic acids is 1. The number of morpholine rings is 1. The zero-order chi connectivity index (χ0) is 12.8. The monoisotopic (exact) mass is 247 g/mol. The van der Waals surface area contributed by atoms with Crippen LogP contribution in [0, 0.1) is 0 Å². The van der Waals surface area contributed by atoms with Gasteiger partial charge in [0.05, 0.1) is 20.3 Å². The number of methoxy groups -OCH3 is 1. The molecule has 4 nitrogen and oxygen atoms in total. The van der Waals surface area contributed by atoms with Gasteiger partial charge in [0.1, 0.15) is 5.75 Å². The molecule has 1 heterocycles. The second kappa shape index (κ2) is 6.21. The number of rotatable bonds is 3. The average molecular weight is 247 g/mol. The minimum absolute atomic E-state index is 0.0362. The van der Waals surface area contributed by atoms with Crippen molar-refractivity contribution in [2.45, 2.75) is 0 Å². The normalized spacial score (nSPS) is 15.9.